The zero-order valence-electron chi connectivity index (χ0n) is 9.26. The first-order valence-corrected chi connectivity index (χ1v) is 5.58. The Bertz CT molecular complexity index is 457. The molecule has 0 saturated heterocycles. The molecule has 19 heavy (non-hydrogen) atoms. The van der Waals surface area contributed by atoms with Crippen molar-refractivity contribution in [2.24, 2.45) is 0 Å². The molecule has 0 bridgehead atoms. The van der Waals surface area contributed by atoms with Crippen molar-refractivity contribution >= 4 is 34.9 Å². The van der Waals surface area contributed by atoms with Crippen LogP contribution in [0.25, 0.3) is 0 Å². The summed E-state index contributed by atoms with van der Waals surface area (Å²) in [6, 6.07) is 2.41. The molecule has 2 N–H and O–H groups in total. The van der Waals surface area contributed by atoms with Crippen molar-refractivity contribution in [3.05, 3.63) is 27.7 Å². The molecule has 9 heteroatoms. The molecule has 0 unspecified atom stereocenters. The molecule has 4 nitrogen and oxygen atoms in total. The van der Waals surface area contributed by atoms with Gasteiger partial charge in [0.2, 0.25) is 0 Å². The highest BCUT2D eigenvalue weighted by molar-refractivity contribution is 6.43. The molecule has 1 aromatic rings. The zero-order chi connectivity index (χ0) is 14.6. The maximum atomic E-state index is 11.6. The first kappa shape index (κ1) is 15.9. The summed E-state index contributed by atoms with van der Waals surface area (Å²) in [6.45, 7) is -1.36. The van der Waals surface area contributed by atoms with Crippen LogP contribution in [0.4, 0.5) is 18.9 Å². The molecule has 0 saturated carbocycles. The Balaban J connectivity index is 2.55. The van der Waals surface area contributed by atoms with Crippen LogP contribution in [0.2, 0.25) is 10.0 Å². The number of anilines is 1. The van der Waals surface area contributed by atoms with Crippen LogP contribution in [0.3, 0.4) is 0 Å². The van der Waals surface area contributed by atoms with Gasteiger partial charge in [0.25, 0.3) is 0 Å². The van der Waals surface area contributed by atoms with E-state index in [-0.39, 0.29) is 21.3 Å². The highest BCUT2D eigenvalue weighted by Gasteiger charge is 2.28. The molecule has 0 atom stereocenters. The van der Waals surface area contributed by atoms with Crippen LogP contribution in [0.15, 0.2) is 12.1 Å². The van der Waals surface area contributed by atoms with Gasteiger partial charge in [0, 0.05) is 0 Å². The summed E-state index contributed by atoms with van der Waals surface area (Å²) in [5.41, 5.74) is 5.52. The molecule has 1 aromatic carbocycles. The van der Waals surface area contributed by atoms with Crippen molar-refractivity contribution in [3.8, 4) is 0 Å². The lowest BCUT2D eigenvalue weighted by Crippen LogP contribution is -2.18. The number of hydrogen-bond donors (Lipinski definition) is 1. The highest BCUT2D eigenvalue weighted by Crippen LogP contribution is 2.29. The first-order valence-electron chi connectivity index (χ1n) is 4.83. The van der Waals surface area contributed by atoms with Gasteiger partial charge in [-0.05, 0) is 12.1 Å². The first-order chi connectivity index (χ1) is 8.70. The maximum absolute atomic E-state index is 11.6. The van der Waals surface area contributed by atoms with Crippen LogP contribution in [-0.4, -0.2) is 25.5 Å². The molecule has 0 aromatic heterocycles. The van der Waals surface area contributed by atoms with Crippen molar-refractivity contribution in [2.75, 3.05) is 18.9 Å². The molecule has 0 heterocycles. The minimum atomic E-state index is -4.76. The number of esters is 1. The van der Waals surface area contributed by atoms with E-state index in [1.54, 1.807) is 0 Å². The quantitative estimate of drug-likeness (QED) is 0.526. The van der Waals surface area contributed by atoms with Crippen molar-refractivity contribution in [1.29, 1.82) is 0 Å². The largest absolute Gasteiger partial charge is 0.522 e. The molecule has 0 spiro atoms. The van der Waals surface area contributed by atoms with Crippen LogP contribution in [0, 0.1) is 0 Å². The van der Waals surface area contributed by atoms with E-state index in [0.29, 0.717) is 0 Å². The van der Waals surface area contributed by atoms with Crippen LogP contribution in [-0.2, 0) is 9.47 Å². The topological polar surface area (TPSA) is 61.6 Å². The fourth-order valence-electron chi connectivity index (χ4n) is 1.10. The molecule has 0 aliphatic carbocycles. The Labute approximate surface area is 116 Å². The fraction of sp³-hybridized carbons (Fsp3) is 0.300. The summed E-state index contributed by atoms with van der Waals surface area (Å²) in [6.07, 6.45) is -4.76. The lowest BCUT2D eigenvalue weighted by molar-refractivity contribution is -0.326. The molecule has 1 rings (SSSR count). The lowest BCUT2D eigenvalue weighted by Gasteiger charge is -2.09. The third-order valence-electron chi connectivity index (χ3n) is 1.87. The maximum Gasteiger partial charge on any atom is 0.522 e. The summed E-state index contributed by atoms with van der Waals surface area (Å²) in [5.74, 6) is -0.879. The van der Waals surface area contributed by atoms with E-state index >= 15 is 0 Å². The number of carbonyl (C=O) groups is 1. The molecule has 0 aliphatic heterocycles. The Morgan fingerprint density at radius 2 is 1.89 bits per heavy atom. The van der Waals surface area contributed by atoms with Crippen molar-refractivity contribution in [3.63, 3.8) is 0 Å². The van der Waals surface area contributed by atoms with Gasteiger partial charge in [0.05, 0.1) is 27.9 Å². The minimum absolute atomic E-state index is 0.0149. The molecule has 106 valence electrons. The average Bonchev–Trinajstić information content (AvgIpc) is 2.29. The van der Waals surface area contributed by atoms with Gasteiger partial charge < -0.3 is 10.5 Å². The number of benzene rings is 1. The number of carbonyl (C=O) groups excluding carboxylic acids is 1. The number of nitrogens with two attached hydrogens (primary N) is 1. The minimum Gasteiger partial charge on any atom is -0.460 e. The zero-order valence-corrected chi connectivity index (χ0v) is 10.8. The van der Waals surface area contributed by atoms with Crippen LogP contribution >= 0.6 is 23.2 Å². The van der Waals surface area contributed by atoms with Gasteiger partial charge in [-0.1, -0.05) is 23.2 Å². The second kappa shape index (κ2) is 6.31. The molecule has 0 amide bonds. The van der Waals surface area contributed by atoms with E-state index in [2.05, 4.69) is 9.47 Å². The van der Waals surface area contributed by atoms with Crippen molar-refractivity contribution in [2.45, 2.75) is 6.36 Å². The van der Waals surface area contributed by atoms with E-state index in [1.807, 2.05) is 0 Å². The van der Waals surface area contributed by atoms with Gasteiger partial charge >= 0.3 is 12.3 Å². The van der Waals surface area contributed by atoms with E-state index in [4.69, 9.17) is 28.9 Å². The number of hydrogen-bond acceptors (Lipinski definition) is 4. The second-order valence-electron chi connectivity index (χ2n) is 3.29. The van der Waals surface area contributed by atoms with E-state index in [1.165, 1.54) is 12.1 Å². The standard InChI is InChI=1S/C10H8Cl2F3NO3/c11-6-3-5(4-7(16)8(6)12)9(17)18-1-2-19-10(13,14)15/h3-4H,1-2,16H2. The predicted molar refractivity (Wildman–Crippen MR) is 63.2 cm³/mol. The van der Waals surface area contributed by atoms with Gasteiger partial charge in [-0.15, -0.1) is 13.2 Å². The van der Waals surface area contributed by atoms with E-state index < -0.39 is 25.5 Å². The molecule has 0 fully saturated rings. The molecule has 0 aliphatic rings. The number of rotatable bonds is 4. The smallest absolute Gasteiger partial charge is 0.460 e. The molecular weight excluding hydrogens is 310 g/mol. The van der Waals surface area contributed by atoms with Gasteiger partial charge in [-0.25, -0.2) is 4.79 Å². The predicted octanol–water partition coefficient (Wildman–Crippen LogP) is 3.27. The van der Waals surface area contributed by atoms with Gasteiger partial charge in [0.15, 0.2) is 0 Å². The summed E-state index contributed by atoms with van der Waals surface area (Å²) >= 11 is 11.4. The number of halogens is 5. The van der Waals surface area contributed by atoms with Crippen molar-refractivity contribution < 1.29 is 27.4 Å². The normalized spacial score (nSPS) is 11.4. The Morgan fingerprint density at radius 3 is 2.42 bits per heavy atom. The number of nitrogen functional groups attached to an aromatic ring is 1. The SMILES string of the molecule is Nc1cc(C(=O)OCCOC(F)(F)F)cc(Cl)c1Cl. The number of alkyl halides is 3. The average molecular weight is 318 g/mol. The van der Waals surface area contributed by atoms with E-state index in [9.17, 15) is 18.0 Å². The Hall–Kier alpha value is -1.18. The summed E-state index contributed by atoms with van der Waals surface area (Å²) < 4.78 is 42.9. The molecule has 0 radical (unpaired) electrons. The second-order valence-corrected chi connectivity index (χ2v) is 4.08. The monoisotopic (exact) mass is 317 g/mol. The van der Waals surface area contributed by atoms with Crippen LogP contribution in [0.5, 0.6) is 0 Å². The summed E-state index contributed by atoms with van der Waals surface area (Å²) in [7, 11) is 0. The third-order valence-corrected chi connectivity index (χ3v) is 2.69. The Morgan fingerprint density at radius 1 is 1.26 bits per heavy atom. The highest BCUT2D eigenvalue weighted by atomic mass is 35.5. The fourth-order valence-corrected chi connectivity index (χ4v) is 1.44. The third kappa shape index (κ3) is 5.14. The summed E-state index contributed by atoms with van der Waals surface area (Å²) in [5, 5.41) is 0.124. The summed E-state index contributed by atoms with van der Waals surface area (Å²) in [4.78, 5) is 11.5. The van der Waals surface area contributed by atoms with E-state index in [0.717, 1.165) is 0 Å². The van der Waals surface area contributed by atoms with Crippen molar-refractivity contribution in [1.82, 2.24) is 0 Å². The Kier molecular flexibility index (Phi) is 5.28. The lowest BCUT2D eigenvalue weighted by atomic mass is 10.2. The number of ether oxygens (including phenoxy) is 2. The van der Waals surface area contributed by atoms with Crippen LogP contribution in [0.1, 0.15) is 10.4 Å². The van der Waals surface area contributed by atoms with Gasteiger partial charge in [0.1, 0.15) is 6.61 Å². The van der Waals surface area contributed by atoms with Gasteiger partial charge in [-0.2, -0.15) is 0 Å². The molecular formula is C10H8Cl2F3NO3. The van der Waals surface area contributed by atoms with Gasteiger partial charge in [-0.3, -0.25) is 4.74 Å². The van der Waals surface area contributed by atoms with Crippen LogP contribution < -0.4 is 5.73 Å².